The first-order valence-corrected chi connectivity index (χ1v) is 12.7. The first-order chi connectivity index (χ1) is 18.2. The van der Waals surface area contributed by atoms with Gasteiger partial charge in [0.15, 0.2) is 5.57 Å². The highest BCUT2D eigenvalue weighted by molar-refractivity contribution is 7.07. The van der Waals surface area contributed by atoms with Gasteiger partial charge in [0.05, 0.1) is 29.0 Å². The topological polar surface area (TPSA) is 87.4 Å². The third kappa shape index (κ3) is 6.05. The van der Waals surface area contributed by atoms with E-state index in [1.807, 2.05) is 6.07 Å². The molecule has 1 aliphatic heterocycles. The van der Waals surface area contributed by atoms with E-state index in [2.05, 4.69) is 10.2 Å². The van der Waals surface area contributed by atoms with Gasteiger partial charge in [0.1, 0.15) is 10.7 Å². The van der Waals surface area contributed by atoms with Gasteiger partial charge in [-0.25, -0.2) is 0 Å². The molecule has 1 saturated heterocycles. The van der Waals surface area contributed by atoms with Gasteiger partial charge in [0, 0.05) is 26.2 Å². The Morgan fingerprint density at radius 1 is 1.16 bits per heavy atom. The Bertz CT molecular complexity index is 1550. The Kier molecular flexibility index (Phi) is 8.46. The number of hydrogen-bond donors (Lipinski definition) is 1. The highest BCUT2D eigenvalue weighted by Crippen LogP contribution is 2.32. The van der Waals surface area contributed by atoms with Gasteiger partial charge in [0.25, 0.3) is 11.5 Å². The summed E-state index contributed by atoms with van der Waals surface area (Å²) in [6, 6.07) is 13.7. The molecule has 1 N–H and O–H groups in total. The Morgan fingerprint density at radius 3 is 2.53 bits per heavy atom. The van der Waals surface area contributed by atoms with Gasteiger partial charge in [0.2, 0.25) is 0 Å². The molecule has 0 aliphatic carbocycles. The number of nitrogens with zero attached hydrogens (tertiary/aromatic N) is 3. The lowest BCUT2D eigenvalue weighted by atomic mass is 10.1. The standard InChI is InChI=1S/C27H25F3N4O3S/c1-18-6-2-5-9-22(18)34-25(36)23(16-19-7-3-4-8-21(19)27(28,29)30)38-26(34)20(17-31)24(35)32-10-11-33-12-14-37-15-13-33/h2-9,16H,10-15H2,1H3,(H,32,35)/b23-16+,26-20-. The number of morpholine rings is 1. The van der Waals surface area contributed by atoms with Crippen LogP contribution in [-0.2, 0) is 15.7 Å². The van der Waals surface area contributed by atoms with E-state index in [9.17, 15) is 28.0 Å². The largest absolute Gasteiger partial charge is 0.416 e. The molecule has 0 atom stereocenters. The molecule has 4 rings (SSSR count). The average molecular weight is 543 g/mol. The summed E-state index contributed by atoms with van der Waals surface area (Å²) in [6.07, 6.45) is -3.47. The van der Waals surface area contributed by atoms with Crippen molar-refractivity contribution < 1.29 is 22.7 Å². The van der Waals surface area contributed by atoms with E-state index in [0.29, 0.717) is 31.0 Å². The lowest BCUT2D eigenvalue weighted by Gasteiger charge is -2.26. The molecule has 2 aromatic carbocycles. The van der Waals surface area contributed by atoms with Crippen molar-refractivity contribution in [1.82, 2.24) is 14.8 Å². The van der Waals surface area contributed by atoms with Crippen molar-refractivity contribution in [2.24, 2.45) is 0 Å². The van der Waals surface area contributed by atoms with Crippen LogP contribution in [0.25, 0.3) is 17.3 Å². The molecule has 11 heteroatoms. The number of benzene rings is 2. The van der Waals surface area contributed by atoms with Crippen LogP contribution in [-0.4, -0.2) is 54.8 Å². The van der Waals surface area contributed by atoms with Crippen LogP contribution in [0.5, 0.6) is 0 Å². The number of nitrogens with one attached hydrogen (secondary N) is 1. The minimum Gasteiger partial charge on any atom is -0.379 e. The number of halogens is 3. The summed E-state index contributed by atoms with van der Waals surface area (Å²) < 4.78 is 47.3. The number of aromatic nitrogens is 1. The molecule has 7 nitrogen and oxygen atoms in total. The molecule has 1 aliphatic rings. The zero-order valence-corrected chi connectivity index (χ0v) is 21.4. The molecule has 2 heterocycles. The van der Waals surface area contributed by atoms with Crippen molar-refractivity contribution >= 4 is 28.9 Å². The van der Waals surface area contributed by atoms with Gasteiger partial charge in [-0.2, -0.15) is 18.4 Å². The minimum atomic E-state index is -4.62. The molecule has 0 saturated carbocycles. The molecular formula is C27H25F3N4O3S. The van der Waals surface area contributed by atoms with E-state index < -0.39 is 23.2 Å². The normalized spacial score (nSPS) is 15.7. The summed E-state index contributed by atoms with van der Waals surface area (Å²) in [6.45, 7) is 5.30. The number of aryl methyl sites for hydroxylation is 1. The van der Waals surface area contributed by atoms with Crippen LogP contribution in [0.4, 0.5) is 13.2 Å². The predicted molar refractivity (Wildman–Crippen MR) is 138 cm³/mol. The van der Waals surface area contributed by atoms with E-state index in [1.165, 1.54) is 22.8 Å². The molecule has 1 aromatic heterocycles. The maximum atomic E-state index is 13.6. The fraction of sp³-hybridized carbons (Fsp3) is 0.296. The molecule has 0 spiro atoms. The summed E-state index contributed by atoms with van der Waals surface area (Å²) in [7, 11) is 0. The molecule has 0 radical (unpaired) electrons. The molecular weight excluding hydrogens is 517 g/mol. The number of alkyl halides is 3. The summed E-state index contributed by atoms with van der Waals surface area (Å²) in [5, 5.41) is 12.7. The van der Waals surface area contributed by atoms with Crippen LogP contribution in [0.3, 0.4) is 0 Å². The number of rotatable bonds is 6. The Labute approximate surface area is 220 Å². The van der Waals surface area contributed by atoms with Crippen LogP contribution in [0.2, 0.25) is 0 Å². The lowest BCUT2D eigenvalue weighted by molar-refractivity contribution is -0.137. The number of nitriles is 1. The molecule has 1 amide bonds. The third-order valence-electron chi connectivity index (χ3n) is 6.10. The predicted octanol–water partition coefficient (Wildman–Crippen LogP) is 2.18. The fourth-order valence-corrected chi connectivity index (χ4v) is 5.23. The highest BCUT2D eigenvalue weighted by Gasteiger charge is 2.32. The van der Waals surface area contributed by atoms with Gasteiger partial charge >= 0.3 is 6.18 Å². The second-order valence-corrected chi connectivity index (χ2v) is 9.66. The van der Waals surface area contributed by atoms with Crippen LogP contribution in [0.15, 0.2) is 53.3 Å². The minimum absolute atomic E-state index is 0.0335. The van der Waals surface area contributed by atoms with Gasteiger partial charge in [-0.15, -0.1) is 11.3 Å². The summed E-state index contributed by atoms with van der Waals surface area (Å²) >= 11 is 0.807. The number of carbonyl (C=O) groups excluding carboxylic acids is 1. The number of hydrogen-bond acceptors (Lipinski definition) is 6. The van der Waals surface area contributed by atoms with E-state index >= 15 is 0 Å². The van der Waals surface area contributed by atoms with Crippen LogP contribution < -0.4 is 20.1 Å². The second kappa shape index (κ2) is 11.8. The number of para-hydroxylation sites is 1. The molecule has 1 fully saturated rings. The maximum absolute atomic E-state index is 13.6. The average Bonchev–Trinajstić information content (AvgIpc) is 3.20. The van der Waals surface area contributed by atoms with Gasteiger partial charge in [-0.1, -0.05) is 36.4 Å². The zero-order chi connectivity index (χ0) is 27.3. The Balaban J connectivity index is 1.84. The van der Waals surface area contributed by atoms with Crippen molar-refractivity contribution in [2.75, 3.05) is 39.4 Å². The molecule has 38 heavy (non-hydrogen) atoms. The third-order valence-corrected chi connectivity index (χ3v) is 7.20. The SMILES string of the molecule is Cc1ccccc1-n1c(=O)/c(=C\c2ccccc2C(F)(F)F)s/c1=C(/C#N)C(=O)NCCN1CCOCC1. The first kappa shape index (κ1) is 27.3. The number of amides is 1. The van der Waals surface area contributed by atoms with Crippen molar-refractivity contribution in [3.8, 4) is 11.8 Å². The van der Waals surface area contributed by atoms with Gasteiger partial charge < -0.3 is 10.1 Å². The fourth-order valence-electron chi connectivity index (χ4n) is 4.14. The zero-order valence-electron chi connectivity index (χ0n) is 20.5. The van der Waals surface area contributed by atoms with E-state index in [-0.39, 0.29) is 26.9 Å². The second-order valence-electron chi connectivity index (χ2n) is 8.62. The molecule has 0 unspecified atom stereocenters. The van der Waals surface area contributed by atoms with Gasteiger partial charge in [-0.05, 0) is 36.3 Å². The quantitative estimate of drug-likeness (QED) is 0.516. The van der Waals surface area contributed by atoms with E-state index in [1.54, 1.807) is 31.2 Å². The van der Waals surface area contributed by atoms with Crippen molar-refractivity contribution in [3.05, 3.63) is 84.8 Å². The summed E-state index contributed by atoms with van der Waals surface area (Å²) in [5.74, 6) is -0.661. The number of thiazole rings is 1. The van der Waals surface area contributed by atoms with Crippen LogP contribution in [0, 0.1) is 18.3 Å². The molecule has 0 bridgehead atoms. The number of ether oxygens (including phenoxy) is 1. The Morgan fingerprint density at radius 2 is 1.84 bits per heavy atom. The smallest absolute Gasteiger partial charge is 0.379 e. The van der Waals surface area contributed by atoms with Crippen molar-refractivity contribution in [1.29, 1.82) is 5.26 Å². The summed E-state index contributed by atoms with van der Waals surface area (Å²) in [4.78, 5) is 28.7. The van der Waals surface area contributed by atoms with Gasteiger partial charge in [-0.3, -0.25) is 19.1 Å². The highest BCUT2D eigenvalue weighted by atomic mass is 32.1. The van der Waals surface area contributed by atoms with Crippen LogP contribution in [0.1, 0.15) is 16.7 Å². The van der Waals surface area contributed by atoms with Crippen LogP contribution >= 0.6 is 11.3 Å². The first-order valence-electron chi connectivity index (χ1n) is 11.9. The van der Waals surface area contributed by atoms with Crippen molar-refractivity contribution in [2.45, 2.75) is 13.1 Å². The Hall–Kier alpha value is -3.72. The number of carbonyl (C=O) groups is 1. The van der Waals surface area contributed by atoms with Crippen molar-refractivity contribution in [3.63, 3.8) is 0 Å². The monoisotopic (exact) mass is 542 g/mol. The molecule has 198 valence electrons. The maximum Gasteiger partial charge on any atom is 0.416 e. The molecule has 3 aromatic rings. The lowest BCUT2D eigenvalue weighted by Crippen LogP contribution is -2.42. The van der Waals surface area contributed by atoms with E-state index in [0.717, 1.165) is 36.6 Å². The van der Waals surface area contributed by atoms with E-state index in [4.69, 9.17) is 4.74 Å². The summed E-state index contributed by atoms with van der Waals surface area (Å²) in [5.41, 5.74) is -0.856.